The Balaban J connectivity index is -0.000000288. The van der Waals surface area contributed by atoms with Gasteiger partial charge in [0.2, 0.25) is 0 Å². The van der Waals surface area contributed by atoms with E-state index in [4.69, 9.17) is 5.73 Å². The summed E-state index contributed by atoms with van der Waals surface area (Å²) in [4.78, 5) is 0. The van der Waals surface area contributed by atoms with Crippen LogP contribution in [0.5, 0.6) is 0 Å². The summed E-state index contributed by atoms with van der Waals surface area (Å²) in [7, 11) is 0. The van der Waals surface area contributed by atoms with Crippen molar-refractivity contribution in [3.8, 4) is 0 Å². The van der Waals surface area contributed by atoms with Crippen LogP contribution in [-0.2, 0) is 0 Å². The Hall–Kier alpha value is -0.980. The van der Waals surface area contributed by atoms with Crippen molar-refractivity contribution < 1.29 is 0 Å². The molecule has 2 N–H and O–H groups in total. The molecule has 0 aliphatic heterocycles. The molecule has 0 aliphatic rings. The monoisotopic (exact) mass is 323 g/mol. The summed E-state index contributed by atoms with van der Waals surface area (Å²) >= 11 is 0. The quantitative estimate of drug-likeness (QED) is 0.442. The van der Waals surface area contributed by atoms with E-state index in [9.17, 15) is 0 Å². The average Bonchev–Trinajstić information content (AvgIpc) is 2.55. The largest absolute Gasteiger partial charge is 0.398 e. The van der Waals surface area contributed by atoms with Crippen LogP contribution in [-0.4, -0.2) is 0 Å². The maximum Gasteiger partial charge on any atom is 0.0376 e. The molecule has 1 aromatic carbocycles. The smallest absolute Gasteiger partial charge is 0.0376 e. The van der Waals surface area contributed by atoms with E-state index >= 15 is 0 Å². The van der Waals surface area contributed by atoms with E-state index in [1.54, 1.807) is 0 Å². The molecule has 0 heterocycles. The van der Waals surface area contributed by atoms with Crippen LogP contribution < -0.4 is 5.73 Å². The first-order valence-electron chi connectivity index (χ1n) is 9.69. The van der Waals surface area contributed by atoms with Gasteiger partial charge in [-0.2, -0.15) is 0 Å². The van der Waals surface area contributed by atoms with Gasteiger partial charge in [0, 0.05) is 5.69 Å². The van der Waals surface area contributed by atoms with Crippen molar-refractivity contribution in [1.82, 2.24) is 0 Å². The molecule has 0 unspecified atom stereocenters. The molecule has 0 aromatic heterocycles. The second-order valence-electron chi connectivity index (χ2n) is 5.94. The zero-order valence-corrected chi connectivity index (χ0v) is 17.9. The van der Waals surface area contributed by atoms with Crippen molar-refractivity contribution in [2.75, 3.05) is 5.73 Å². The number of unbranched alkanes of at least 4 members (excludes halogenated alkanes) is 4. The van der Waals surface area contributed by atoms with E-state index in [0.717, 1.165) is 5.69 Å². The van der Waals surface area contributed by atoms with E-state index in [1.165, 1.54) is 60.8 Å². The van der Waals surface area contributed by atoms with Crippen LogP contribution in [0.4, 0.5) is 5.69 Å². The zero-order valence-electron chi connectivity index (χ0n) is 17.9. The fourth-order valence-corrected chi connectivity index (χ4v) is 1.98. The third kappa shape index (κ3) is 14.3. The SMILES string of the molecule is CC.CCC.CCCCCCC.Cc1cc(C)c(N)c(C)c1C. The lowest BCUT2D eigenvalue weighted by molar-refractivity contribution is 0.656. The lowest BCUT2D eigenvalue weighted by Crippen LogP contribution is -1.97. The predicted molar refractivity (Wildman–Crippen MR) is 112 cm³/mol. The summed E-state index contributed by atoms with van der Waals surface area (Å²) in [5, 5.41) is 0. The maximum absolute atomic E-state index is 5.85. The van der Waals surface area contributed by atoms with Crippen LogP contribution in [0.1, 0.15) is 102 Å². The summed E-state index contributed by atoms with van der Waals surface area (Å²) in [6.45, 7) is 21.1. The van der Waals surface area contributed by atoms with Gasteiger partial charge in [-0.15, -0.1) is 0 Å². The van der Waals surface area contributed by atoms with E-state index in [1.807, 2.05) is 13.8 Å². The number of hydrogen-bond donors (Lipinski definition) is 1. The highest BCUT2D eigenvalue weighted by Gasteiger charge is 2.03. The lowest BCUT2D eigenvalue weighted by atomic mass is 9.99. The van der Waals surface area contributed by atoms with Gasteiger partial charge in [0.25, 0.3) is 0 Å². The fraction of sp³-hybridized carbons (Fsp3) is 0.727. The van der Waals surface area contributed by atoms with E-state index in [2.05, 4.69) is 61.5 Å². The van der Waals surface area contributed by atoms with Crippen molar-refractivity contribution in [3.05, 3.63) is 28.3 Å². The molecule has 0 amide bonds. The molecule has 0 fully saturated rings. The average molecular weight is 324 g/mol. The van der Waals surface area contributed by atoms with Crippen LogP contribution in [0, 0.1) is 27.7 Å². The first-order chi connectivity index (χ1) is 10.9. The Bertz CT molecular complexity index is 336. The van der Waals surface area contributed by atoms with E-state index in [-0.39, 0.29) is 0 Å². The molecule has 1 nitrogen and oxygen atoms in total. The first-order valence-corrected chi connectivity index (χ1v) is 9.69. The predicted octanol–water partition coefficient (Wildman–Crippen LogP) is 7.92. The summed E-state index contributed by atoms with van der Waals surface area (Å²) < 4.78 is 0. The van der Waals surface area contributed by atoms with Gasteiger partial charge in [0.1, 0.15) is 0 Å². The molecule has 138 valence electrons. The van der Waals surface area contributed by atoms with Crippen LogP contribution in [0.2, 0.25) is 0 Å². The van der Waals surface area contributed by atoms with Crippen LogP contribution in [0.3, 0.4) is 0 Å². The number of nitrogens with two attached hydrogens (primary N) is 1. The molecule has 0 bridgehead atoms. The third-order valence-corrected chi connectivity index (χ3v) is 3.62. The number of nitrogen functional groups attached to an aromatic ring is 1. The molecule has 23 heavy (non-hydrogen) atoms. The van der Waals surface area contributed by atoms with Gasteiger partial charge in [0.05, 0.1) is 0 Å². The summed E-state index contributed by atoms with van der Waals surface area (Å²) in [6.07, 6.45) is 8.26. The van der Waals surface area contributed by atoms with Gasteiger partial charge in [-0.3, -0.25) is 0 Å². The van der Waals surface area contributed by atoms with Crippen molar-refractivity contribution in [2.45, 2.75) is 108 Å². The number of rotatable bonds is 4. The lowest BCUT2D eigenvalue weighted by Gasteiger charge is -2.10. The normalized spacial score (nSPS) is 8.78. The molecule has 0 saturated carbocycles. The molecular formula is C22H45N. The molecule has 0 atom stereocenters. The Kier molecular flexibility index (Phi) is 22.3. The highest BCUT2D eigenvalue weighted by molar-refractivity contribution is 5.57. The van der Waals surface area contributed by atoms with Gasteiger partial charge < -0.3 is 5.73 Å². The van der Waals surface area contributed by atoms with Crippen molar-refractivity contribution in [1.29, 1.82) is 0 Å². The second-order valence-corrected chi connectivity index (χ2v) is 5.94. The van der Waals surface area contributed by atoms with Crippen LogP contribution in [0.25, 0.3) is 0 Å². The molecule has 0 aliphatic carbocycles. The Morgan fingerprint density at radius 1 is 0.696 bits per heavy atom. The molecule has 1 heteroatoms. The molecule has 0 saturated heterocycles. The standard InChI is InChI=1S/C10H15N.C7H16.C3H8.C2H6/c1-6-5-7(2)10(11)9(4)8(6)3;1-3-5-7-6-4-2;1-3-2;1-2/h5H,11H2,1-4H3;3-7H2,1-2H3;3H2,1-2H3;1-2H3. The molecule has 1 rings (SSSR count). The summed E-state index contributed by atoms with van der Waals surface area (Å²) in [5.74, 6) is 0. The minimum absolute atomic E-state index is 0.938. The van der Waals surface area contributed by atoms with E-state index in [0.29, 0.717) is 0 Å². The Morgan fingerprint density at radius 3 is 1.43 bits per heavy atom. The van der Waals surface area contributed by atoms with Crippen LogP contribution in [0.15, 0.2) is 6.07 Å². The van der Waals surface area contributed by atoms with Crippen molar-refractivity contribution in [3.63, 3.8) is 0 Å². The van der Waals surface area contributed by atoms with Gasteiger partial charge >= 0.3 is 0 Å². The highest BCUT2D eigenvalue weighted by atomic mass is 14.6. The first kappa shape index (κ1) is 26.9. The number of anilines is 1. The molecular weight excluding hydrogens is 278 g/mol. The number of benzene rings is 1. The second kappa shape index (κ2) is 19.1. The fourth-order valence-electron chi connectivity index (χ4n) is 1.98. The van der Waals surface area contributed by atoms with Gasteiger partial charge in [-0.25, -0.2) is 0 Å². The van der Waals surface area contributed by atoms with E-state index < -0.39 is 0 Å². The van der Waals surface area contributed by atoms with Gasteiger partial charge in [-0.05, 0) is 49.9 Å². The van der Waals surface area contributed by atoms with Crippen molar-refractivity contribution in [2.24, 2.45) is 0 Å². The van der Waals surface area contributed by atoms with Gasteiger partial charge in [0.15, 0.2) is 0 Å². The number of aryl methyl sites for hydroxylation is 2. The third-order valence-electron chi connectivity index (χ3n) is 3.62. The topological polar surface area (TPSA) is 26.0 Å². The summed E-state index contributed by atoms with van der Waals surface area (Å²) in [5.41, 5.74) is 11.8. The van der Waals surface area contributed by atoms with Crippen LogP contribution >= 0.6 is 0 Å². The Labute approximate surface area is 148 Å². The maximum atomic E-state index is 5.85. The number of hydrogen-bond acceptors (Lipinski definition) is 1. The minimum atomic E-state index is 0.938. The highest BCUT2D eigenvalue weighted by Crippen LogP contribution is 2.22. The zero-order chi connectivity index (χ0) is 18.8. The summed E-state index contributed by atoms with van der Waals surface area (Å²) in [6, 6.07) is 2.14. The molecule has 0 radical (unpaired) electrons. The molecule has 1 aromatic rings. The van der Waals surface area contributed by atoms with Crippen molar-refractivity contribution >= 4 is 5.69 Å². The van der Waals surface area contributed by atoms with Gasteiger partial charge in [-0.1, -0.05) is 86.1 Å². The minimum Gasteiger partial charge on any atom is -0.398 e. The Morgan fingerprint density at radius 2 is 1.09 bits per heavy atom. The molecule has 0 spiro atoms.